The average Bonchev–Trinajstić information content (AvgIpc) is 3.28. The molecule has 4 rings (SSSR count). The van der Waals surface area contributed by atoms with Crippen molar-refractivity contribution < 1.29 is 24.5 Å². The lowest BCUT2D eigenvalue weighted by molar-refractivity contribution is -0.202. The third-order valence-corrected chi connectivity index (χ3v) is 8.55. The number of epoxide rings is 1. The fraction of sp³-hybridized carbons (Fsp3) is 0.900. The number of carbonyl (C=O) groups is 2. The van der Waals surface area contributed by atoms with E-state index in [0.29, 0.717) is 6.42 Å². The van der Waals surface area contributed by atoms with Crippen molar-refractivity contribution in [2.75, 3.05) is 0 Å². The molecule has 0 amide bonds. The predicted molar refractivity (Wildman–Crippen MR) is 90.9 cm³/mol. The van der Waals surface area contributed by atoms with Crippen LogP contribution in [-0.4, -0.2) is 39.3 Å². The Bertz CT molecular complexity index is 644. The second kappa shape index (κ2) is 4.86. The van der Waals surface area contributed by atoms with Crippen LogP contribution in [0.2, 0.25) is 0 Å². The van der Waals surface area contributed by atoms with Crippen molar-refractivity contribution in [3.05, 3.63) is 0 Å². The molecule has 4 fully saturated rings. The van der Waals surface area contributed by atoms with Crippen LogP contribution >= 0.6 is 0 Å². The molecule has 1 heterocycles. The Balaban J connectivity index is 1.77. The van der Waals surface area contributed by atoms with Gasteiger partial charge in [-0.3, -0.25) is 9.59 Å². The standard InChI is InChI=1S/C20H30O5/c1-11(2)19-9-6-12-17(3)7-5-8-18(4,16(22)23)13(17)10-14(21)20(12,24)15(19)25-19/h11-13,15,24H,5-10H2,1-4H3,(H,22,23)/t12-,13-,15-,17-,18-,19+,20+/m1/s1. The summed E-state index contributed by atoms with van der Waals surface area (Å²) >= 11 is 0. The summed E-state index contributed by atoms with van der Waals surface area (Å²) in [6.07, 6.45) is 3.64. The molecule has 1 aliphatic heterocycles. The molecule has 7 atom stereocenters. The van der Waals surface area contributed by atoms with Crippen molar-refractivity contribution in [1.82, 2.24) is 0 Å². The molecule has 0 aromatic heterocycles. The van der Waals surface area contributed by atoms with E-state index in [0.717, 1.165) is 25.7 Å². The Morgan fingerprint density at radius 3 is 2.48 bits per heavy atom. The summed E-state index contributed by atoms with van der Waals surface area (Å²) in [6.45, 7) is 8.09. The van der Waals surface area contributed by atoms with E-state index in [-0.39, 0.29) is 41.0 Å². The number of carboxylic acids is 1. The zero-order chi connectivity index (χ0) is 18.4. The van der Waals surface area contributed by atoms with Gasteiger partial charge in [0, 0.05) is 12.3 Å². The molecule has 3 aliphatic carbocycles. The maximum absolute atomic E-state index is 13.1. The number of hydrogen-bond acceptors (Lipinski definition) is 4. The summed E-state index contributed by atoms with van der Waals surface area (Å²) in [6, 6.07) is 0. The zero-order valence-corrected chi connectivity index (χ0v) is 15.7. The van der Waals surface area contributed by atoms with Gasteiger partial charge in [0.15, 0.2) is 11.4 Å². The van der Waals surface area contributed by atoms with Gasteiger partial charge in [-0.15, -0.1) is 0 Å². The average molecular weight is 350 g/mol. The number of rotatable bonds is 2. The highest BCUT2D eigenvalue weighted by molar-refractivity contribution is 5.91. The molecule has 0 unspecified atom stereocenters. The Morgan fingerprint density at radius 1 is 1.20 bits per heavy atom. The summed E-state index contributed by atoms with van der Waals surface area (Å²) in [5, 5.41) is 21.4. The van der Waals surface area contributed by atoms with Gasteiger partial charge in [0.25, 0.3) is 0 Å². The molecule has 0 radical (unpaired) electrons. The number of ketones is 1. The van der Waals surface area contributed by atoms with E-state index >= 15 is 0 Å². The summed E-state index contributed by atoms with van der Waals surface area (Å²) in [5.41, 5.74) is -3.02. The van der Waals surface area contributed by atoms with Gasteiger partial charge in [0.1, 0.15) is 11.7 Å². The maximum Gasteiger partial charge on any atom is 0.309 e. The molecule has 5 heteroatoms. The lowest BCUT2D eigenvalue weighted by Crippen LogP contribution is -2.68. The van der Waals surface area contributed by atoms with Gasteiger partial charge in [-0.25, -0.2) is 0 Å². The van der Waals surface area contributed by atoms with Crippen LogP contribution in [-0.2, 0) is 14.3 Å². The highest BCUT2D eigenvalue weighted by atomic mass is 16.6. The number of ether oxygens (including phenoxy) is 1. The van der Waals surface area contributed by atoms with Gasteiger partial charge in [-0.2, -0.15) is 0 Å². The maximum atomic E-state index is 13.1. The van der Waals surface area contributed by atoms with E-state index in [4.69, 9.17) is 4.74 Å². The Kier molecular flexibility index (Phi) is 3.40. The van der Waals surface area contributed by atoms with Gasteiger partial charge in [-0.1, -0.05) is 27.2 Å². The molecule has 140 valence electrons. The fourth-order valence-electron chi connectivity index (χ4n) is 6.90. The molecule has 0 spiro atoms. The van der Waals surface area contributed by atoms with Gasteiger partial charge in [0.05, 0.1) is 5.41 Å². The van der Waals surface area contributed by atoms with E-state index in [1.54, 1.807) is 6.92 Å². The molecular formula is C20H30O5. The Morgan fingerprint density at radius 2 is 1.88 bits per heavy atom. The summed E-state index contributed by atoms with van der Waals surface area (Å²) < 4.78 is 6.01. The van der Waals surface area contributed by atoms with Gasteiger partial charge in [-0.05, 0) is 49.9 Å². The van der Waals surface area contributed by atoms with E-state index in [1.165, 1.54) is 0 Å². The van der Waals surface area contributed by atoms with Crippen LogP contribution in [0.3, 0.4) is 0 Å². The minimum Gasteiger partial charge on any atom is -0.481 e. The molecule has 1 saturated heterocycles. The molecule has 2 N–H and O–H groups in total. The highest BCUT2D eigenvalue weighted by Gasteiger charge is 2.78. The van der Waals surface area contributed by atoms with E-state index < -0.39 is 23.1 Å². The zero-order valence-electron chi connectivity index (χ0n) is 15.7. The van der Waals surface area contributed by atoms with Crippen LogP contribution in [0.1, 0.15) is 66.2 Å². The molecule has 5 nitrogen and oxygen atoms in total. The molecule has 0 bridgehead atoms. The first-order chi connectivity index (χ1) is 11.5. The van der Waals surface area contributed by atoms with Crippen molar-refractivity contribution >= 4 is 11.8 Å². The van der Waals surface area contributed by atoms with E-state index in [2.05, 4.69) is 20.8 Å². The summed E-state index contributed by atoms with van der Waals surface area (Å²) in [4.78, 5) is 25.2. The molecular weight excluding hydrogens is 320 g/mol. The van der Waals surface area contributed by atoms with Crippen LogP contribution < -0.4 is 0 Å². The minimum atomic E-state index is -1.44. The first-order valence-electron chi connectivity index (χ1n) is 9.70. The minimum absolute atomic E-state index is 0.153. The first kappa shape index (κ1) is 17.5. The third-order valence-electron chi connectivity index (χ3n) is 8.55. The predicted octanol–water partition coefficient (Wildman–Crippen LogP) is 2.79. The van der Waals surface area contributed by atoms with Crippen LogP contribution in [0.15, 0.2) is 0 Å². The van der Waals surface area contributed by atoms with Crippen molar-refractivity contribution in [2.24, 2.45) is 28.6 Å². The third kappa shape index (κ3) is 1.86. The lowest BCUT2D eigenvalue weighted by Gasteiger charge is -2.61. The number of carboxylic acid groups (broad SMARTS) is 1. The number of Topliss-reactive ketones (excluding diaryl/α,β-unsaturated/α-hetero) is 1. The lowest BCUT2D eigenvalue weighted by atomic mass is 9.42. The van der Waals surface area contributed by atoms with E-state index in [1.807, 2.05) is 0 Å². The molecule has 0 aromatic rings. The summed E-state index contributed by atoms with van der Waals surface area (Å²) in [7, 11) is 0. The topological polar surface area (TPSA) is 87.1 Å². The highest BCUT2D eigenvalue weighted by Crippen LogP contribution is 2.69. The number of fused-ring (bicyclic) bond motifs is 5. The van der Waals surface area contributed by atoms with Gasteiger partial charge in [0.2, 0.25) is 0 Å². The van der Waals surface area contributed by atoms with Crippen molar-refractivity contribution in [3.63, 3.8) is 0 Å². The van der Waals surface area contributed by atoms with Crippen molar-refractivity contribution in [1.29, 1.82) is 0 Å². The van der Waals surface area contributed by atoms with Crippen molar-refractivity contribution in [3.8, 4) is 0 Å². The van der Waals surface area contributed by atoms with Crippen molar-refractivity contribution in [2.45, 2.75) is 83.5 Å². The van der Waals surface area contributed by atoms with Gasteiger partial charge < -0.3 is 14.9 Å². The smallest absolute Gasteiger partial charge is 0.309 e. The van der Waals surface area contributed by atoms with Crippen LogP contribution in [0, 0.1) is 28.6 Å². The number of aliphatic hydroxyl groups is 1. The normalized spacial score (nSPS) is 54.5. The molecule has 3 saturated carbocycles. The monoisotopic (exact) mass is 350 g/mol. The largest absolute Gasteiger partial charge is 0.481 e. The summed E-state index contributed by atoms with van der Waals surface area (Å²) in [5.74, 6) is -1.16. The number of aliphatic carboxylic acids is 1. The SMILES string of the molecule is CC(C)[C@@]12CC[C@@H]3[C@@]4(C)CCC[C@@](C)(C(=O)O)[C@@H]4CC(=O)[C@]3(O)[C@@H]1O2. The number of hydrogen-bond donors (Lipinski definition) is 2. The van der Waals surface area contributed by atoms with E-state index in [9.17, 15) is 19.8 Å². The first-order valence-corrected chi connectivity index (χ1v) is 9.70. The number of carbonyl (C=O) groups excluding carboxylic acids is 1. The Hall–Kier alpha value is -0.940. The van der Waals surface area contributed by atoms with Crippen LogP contribution in [0.25, 0.3) is 0 Å². The second-order valence-electron chi connectivity index (χ2n) is 9.79. The fourth-order valence-corrected chi connectivity index (χ4v) is 6.90. The molecule has 4 aliphatic rings. The Labute approximate surface area is 149 Å². The van der Waals surface area contributed by atoms with Crippen LogP contribution in [0.5, 0.6) is 0 Å². The van der Waals surface area contributed by atoms with Gasteiger partial charge >= 0.3 is 5.97 Å². The molecule has 25 heavy (non-hydrogen) atoms. The quantitative estimate of drug-likeness (QED) is 0.748. The second-order valence-corrected chi connectivity index (χ2v) is 9.79. The van der Waals surface area contributed by atoms with Crippen LogP contribution in [0.4, 0.5) is 0 Å². The molecule has 0 aromatic carbocycles.